The lowest BCUT2D eigenvalue weighted by Crippen LogP contribution is -2.13. The summed E-state index contributed by atoms with van der Waals surface area (Å²) in [6.45, 7) is 4.25. The van der Waals surface area contributed by atoms with E-state index in [-0.39, 0.29) is 0 Å². The predicted molar refractivity (Wildman–Crippen MR) is 92.7 cm³/mol. The molecule has 106 valence electrons. The van der Waals surface area contributed by atoms with Crippen LogP contribution in [0.1, 0.15) is 41.8 Å². The second-order valence-corrected chi connectivity index (χ2v) is 6.31. The summed E-state index contributed by atoms with van der Waals surface area (Å²) in [6, 6.07) is 10.8. The SMILES string of the molecule is CCCC(Nc1ccc(C(N)=S)c(C)c1)c1cccs1. The Morgan fingerprint density at radius 3 is 2.75 bits per heavy atom. The molecule has 0 fully saturated rings. The van der Waals surface area contributed by atoms with Crippen molar-refractivity contribution in [3.05, 3.63) is 51.7 Å². The van der Waals surface area contributed by atoms with E-state index in [1.807, 2.05) is 13.0 Å². The minimum absolute atomic E-state index is 0.370. The van der Waals surface area contributed by atoms with Crippen LogP contribution < -0.4 is 11.1 Å². The first kappa shape index (κ1) is 15.0. The molecule has 1 heterocycles. The molecule has 0 aliphatic carbocycles. The number of anilines is 1. The third-order valence-electron chi connectivity index (χ3n) is 3.30. The lowest BCUT2D eigenvalue weighted by Gasteiger charge is -2.19. The van der Waals surface area contributed by atoms with Gasteiger partial charge in [-0.15, -0.1) is 11.3 Å². The van der Waals surface area contributed by atoms with E-state index in [0.29, 0.717) is 11.0 Å². The smallest absolute Gasteiger partial charge is 0.104 e. The maximum absolute atomic E-state index is 5.70. The van der Waals surface area contributed by atoms with Crippen LogP contribution in [0.5, 0.6) is 0 Å². The molecule has 0 saturated heterocycles. The van der Waals surface area contributed by atoms with Gasteiger partial charge in [-0.2, -0.15) is 0 Å². The van der Waals surface area contributed by atoms with E-state index >= 15 is 0 Å². The van der Waals surface area contributed by atoms with Crippen molar-refractivity contribution in [1.82, 2.24) is 0 Å². The third-order valence-corrected chi connectivity index (χ3v) is 4.50. The van der Waals surface area contributed by atoms with Gasteiger partial charge in [0.05, 0.1) is 6.04 Å². The number of nitrogens with one attached hydrogen (secondary N) is 1. The van der Waals surface area contributed by atoms with Crippen LogP contribution in [-0.2, 0) is 0 Å². The molecular weight excluding hydrogens is 284 g/mol. The van der Waals surface area contributed by atoms with Crippen LogP contribution in [0.3, 0.4) is 0 Å². The summed E-state index contributed by atoms with van der Waals surface area (Å²) in [6.07, 6.45) is 2.27. The summed E-state index contributed by atoms with van der Waals surface area (Å²) < 4.78 is 0. The first-order chi connectivity index (χ1) is 9.61. The fourth-order valence-electron chi connectivity index (χ4n) is 2.29. The molecule has 0 saturated carbocycles. The highest BCUT2D eigenvalue weighted by Gasteiger charge is 2.12. The fourth-order valence-corrected chi connectivity index (χ4v) is 3.34. The van der Waals surface area contributed by atoms with Gasteiger partial charge in [0.15, 0.2) is 0 Å². The molecule has 1 atom stereocenters. The van der Waals surface area contributed by atoms with E-state index in [2.05, 4.69) is 41.9 Å². The van der Waals surface area contributed by atoms with Crippen LogP contribution in [-0.4, -0.2) is 4.99 Å². The van der Waals surface area contributed by atoms with Gasteiger partial charge in [-0.3, -0.25) is 0 Å². The Kier molecular flexibility index (Phi) is 5.15. The minimum atomic E-state index is 0.370. The van der Waals surface area contributed by atoms with Gasteiger partial charge < -0.3 is 11.1 Å². The van der Waals surface area contributed by atoms with Gasteiger partial charge in [0.1, 0.15) is 4.99 Å². The van der Waals surface area contributed by atoms with Crippen LogP contribution in [0.2, 0.25) is 0 Å². The van der Waals surface area contributed by atoms with E-state index in [1.54, 1.807) is 11.3 Å². The van der Waals surface area contributed by atoms with Crippen molar-refractivity contribution in [2.75, 3.05) is 5.32 Å². The number of hydrogen-bond donors (Lipinski definition) is 2. The topological polar surface area (TPSA) is 38.0 Å². The first-order valence-corrected chi connectivity index (χ1v) is 8.11. The first-order valence-electron chi connectivity index (χ1n) is 6.82. The zero-order valence-electron chi connectivity index (χ0n) is 11.8. The molecule has 1 aromatic carbocycles. The lowest BCUT2D eigenvalue weighted by atomic mass is 10.1. The van der Waals surface area contributed by atoms with E-state index in [0.717, 1.165) is 29.7 Å². The maximum atomic E-state index is 5.70. The molecule has 1 unspecified atom stereocenters. The Bertz CT molecular complexity index is 576. The lowest BCUT2D eigenvalue weighted by molar-refractivity contribution is 0.687. The molecule has 20 heavy (non-hydrogen) atoms. The molecular formula is C16H20N2S2. The van der Waals surface area contributed by atoms with Crippen molar-refractivity contribution in [3.8, 4) is 0 Å². The molecule has 4 heteroatoms. The van der Waals surface area contributed by atoms with Crippen molar-refractivity contribution in [2.24, 2.45) is 5.73 Å². The molecule has 0 radical (unpaired) electrons. The van der Waals surface area contributed by atoms with Crippen molar-refractivity contribution < 1.29 is 0 Å². The van der Waals surface area contributed by atoms with E-state index in [9.17, 15) is 0 Å². The van der Waals surface area contributed by atoms with Crippen molar-refractivity contribution in [1.29, 1.82) is 0 Å². The number of thiocarbonyl (C=S) groups is 1. The van der Waals surface area contributed by atoms with Gasteiger partial charge in [0, 0.05) is 16.1 Å². The van der Waals surface area contributed by atoms with Crippen LogP contribution in [0.4, 0.5) is 5.69 Å². The summed E-state index contributed by atoms with van der Waals surface area (Å²) in [7, 11) is 0. The summed E-state index contributed by atoms with van der Waals surface area (Å²) in [5.74, 6) is 0. The molecule has 2 aromatic rings. The van der Waals surface area contributed by atoms with E-state index in [1.165, 1.54) is 4.88 Å². The van der Waals surface area contributed by atoms with Gasteiger partial charge >= 0.3 is 0 Å². The third kappa shape index (κ3) is 3.58. The quantitative estimate of drug-likeness (QED) is 0.763. The molecule has 0 bridgehead atoms. The normalized spacial score (nSPS) is 12.1. The maximum Gasteiger partial charge on any atom is 0.104 e. The summed E-state index contributed by atoms with van der Waals surface area (Å²) in [4.78, 5) is 1.83. The number of benzene rings is 1. The van der Waals surface area contributed by atoms with Crippen LogP contribution in [0, 0.1) is 6.92 Å². The highest BCUT2D eigenvalue weighted by atomic mass is 32.1. The van der Waals surface area contributed by atoms with E-state index < -0.39 is 0 Å². The second kappa shape index (κ2) is 6.86. The fraction of sp³-hybridized carbons (Fsp3) is 0.312. The summed E-state index contributed by atoms with van der Waals surface area (Å²) in [5.41, 5.74) is 8.89. The molecule has 0 amide bonds. The average Bonchev–Trinajstić information content (AvgIpc) is 2.91. The Morgan fingerprint density at radius 1 is 1.40 bits per heavy atom. The van der Waals surface area contributed by atoms with Gasteiger partial charge in [-0.25, -0.2) is 0 Å². The van der Waals surface area contributed by atoms with Crippen LogP contribution in [0.25, 0.3) is 0 Å². The van der Waals surface area contributed by atoms with Crippen molar-refractivity contribution in [2.45, 2.75) is 32.7 Å². The number of thiophene rings is 1. The molecule has 0 aliphatic heterocycles. The molecule has 0 spiro atoms. The number of rotatable bonds is 6. The zero-order chi connectivity index (χ0) is 14.5. The largest absolute Gasteiger partial charge is 0.389 e. The Balaban J connectivity index is 2.19. The Hall–Kier alpha value is -1.39. The second-order valence-electron chi connectivity index (χ2n) is 4.89. The van der Waals surface area contributed by atoms with Gasteiger partial charge in [0.2, 0.25) is 0 Å². The Morgan fingerprint density at radius 2 is 2.20 bits per heavy atom. The van der Waals surface area contributed by atoms with Crippen LogP contribution in [0.15, 0.2) is 35.7 Å². The average molecular weight is 304 g/mol. The highest BCUT2D eigenvalue weighted by Crippen LogP contribution is 2.28. The molecule has 3 N–H and O–H groups in total. The summed E-state index contributed by atoms with van der Waals surface area (Å²) >= 11 is 6.85. The van der Waals surface area contributed by atoms with Gasteiger partial charge in [-0.05, 0) is 48.6 Å². The number of nitrogens with two attached hydrogens (primary N) is 1. The molecule has 2 rings (SSSR count). The highest BCUT2D eigenvalue weighted by molar-refractivity contribution is 7.80. The zero-order valence-corrected chi connectivity index (χ0v) is 13.5. The van der Waals surface area contributed by atoms with E-state index in [4.69, 9.17) is 18.0 Å². The van der Waals surface area contributed by atoms with Crippen molar-refractivity contribution >= 4 is 34.2 Å². The van der Waals surface area contributed by atoms with Crippen molar-refractivity contribution in [3.63, 3.8) is 0 Å². The monoisotopic (exact) mass is 304 g/mol. The van der Waals surface area contributed by atoms with Crippen LogP contribution >= 0.6 is 23.6 Å². The molecule has 2 nitrogen and oxygen atoms in total. The minimum Gasteiger partial charge on any atom is -0.389 e. The Labute approximate surface area is 130 Å². The van der Waals surface area contributed by atoms with Gasteiger partial charge in [-0.1, -0.05) is 31.6 Å². The predicted octanol–water partition coefficient (Wildman–Crippen LogP) is 4.64. The number of aryl methyl sites for hydroxylation is 1. The standard InChI is InChI=1S/C16H20N2S2/c1-3-5-14(15-6-4-9-20-15)18-12-7-8-13(16(17)19)11(2)10-12/h4,6-10,14,18H,3,5H2,1-2H3,(H2,17,19). The number of hydrogen-bond acceptors (Lipinski definition) is 3. The summed E-state index contributed by atoms with van der Waals surface area (Å²) in [5, 5.41) is 5.74. The van der Waals surface area contributed by atoms with Gasteiger partial charge in [0.25, 0.3) is 0 Å². The molecule has 1 aromatic heterocycles. The molecule has 0 aliphatic rings.